The molecule has 0 saturated carbocycles. The summed E-state index contributed by atoms with van der Waals surface area (Å²) in [5, 5.41) is 0. The molecule has 0 fully saturated rings. The normalized spacial score (nSPS) is 25.0. The molecule has 2 aliphatic carbocycles. The monoisotopic (exact) mass is 333 g/mol. The number of hydrogen-bond acceptors (Lipinski definition) is 2. The van der Waals surface area contributed by atoms with E-state index in [9.17, 15) is 0 Å². The molecule has 0 amide bonds. The van der Waals surface area contributed by atoms with Gasteiger partial charge in [-0.3, -0.25) is 0 Å². The summed E-state index contributed by atoms with van der Waals surface area (Å²) in [5.41, 5.74) is 0. The second-order valence-electron chi connectivity index (χ2n) is 5.60. The van der Waals surface area contributed by atoms with Gasteiger partial charge in [0.05, 0.1) is 12.0 Å². The zero-order valence-corrected chi connectivity index (χ0v) is 15.1. The first-order chi connectivity index (χ1) is 8.77. The smallest absolute Gasteiger partial charge is 0.478 e. The van der Waals surface area contributed by atoms with Gasteiger partial charge in [0.1, 0.15) is 6.61 Å². The van der Waals surface area contributed by atoms with Crippen molar-refractivity contribution in [3.63, 3.8) is 0 Å². The van der Waals surface area contributed by atoms with Gasteiger partial charge in [0.25, 0.3) is 0 Å². The van der Waals surface area contributed by atoms with Crippen LogP contribution in [0.1, 0.15) is 46.0 Å². The van der Waals surface area contributed by atoms with Gasteiger partial charge < -0.3 is 19.6 Å². The van der Waals surface area contributed by atoms with Crippen molar-refractivity contribution in [3.8, 4) is 0 Å². The van der Waals surface area contributed by atoms with Gasteiger partial charge in [-0.25, -0.2) is 4.99 Å². The van der Waals surface area contributed by atoms with Crippen molar-refractivity contribution in [2.75, 3.05) is 6.61 Å². The van der Waals surface area contributed by atoms with Crippen LogP contribution < -0.4 is 0 Å². The largest absolute Gasteiger partial charge is 2.00 e. The summed E-state index contributed by atoms with van der Waals surface area (Å²) in [4.78, 5) is 4.61. The van der Waals surface area contributed by atoms with E-state index >= 15 is 0 Å². The maximum absolute atomic E-state index is 5.61. The van der Waals surface area contributed by atoms with Crippen LogP contribution in [0.4, 0.5) is 0 Å². The molecule has 1 unspecified atom stereocenters. The van der Waals surface area contributed by atoms with E-state index in [1.807, 2.05) is 0 Å². The van der Waals surface area contributed by atoms with Crippen LogP contribution >= 0.6 is 0 Å². The third-order valence-corrected chi connectivity index (χ3v) is 3.70. The number of ether oxygens (including phenoxy) is 1. The molecule has 0 aromatic heterocycles. The van der Waals surface area contributed by atoms with Crippen molar-refractivity contribution in [1.29, 1.82) is 0 Å². The second-order valence-corrected chi connectivity index (χ2v) is 5.60. The number of hydrogen-bond donors (Lipinski definition) is 0. The SMILES string of the molecule is C1=CCCC1.CC(C)[C@@H]1COC(C2C=CCC2)=N1.[CH3-].[CH3-].[Fe+2]. The summed E-state index contributed by atoms with van der Waals surface area (Å²) in [6.45, 7) is 5.19. The Balaban J connectivity index is 0. The average Bonchev–Trinajstić information content (AvgIpc) is 3.14. The minimum Gasteiger partial charge on any atom is -0.478 e. The van der Waals surface area contributed by atoms with Crippen molar-refractivity contribution in [2.45, 2.75) is 52.0 Å². The second kappa shape index (κ2) is 12.1. The predicted molar refractivity (Wildman–Crippen MR) is 89.7 cm³/mol. The summed E-state index contributed by atoms with van der Waals surface area (Å²) >= 11 is 0. The molecule has 21 heavy (non-hydrogen) atoms. The minimum absolute atomic E-state index is 0. The Morgan fingerprint density at radius 3 is 2.14 bits per heavy atom. The Kier molecular flexibility index (Phi) is 13.1. The molecule has 0 bridgehead atoms. The van der Waals surface area contributed by atoms with Crippen LogP contribution in [0.25, 0.3) is 0 Å². The Hall–Kier alpha value is -0.531. The van der Waals surface area contributed by atoms with E-state index in [4.69, 9.17) is 4.74 Å². The van der Waals surface area contributed by atoms with Gasteiger partial charge >= 0.3 is 17.1 Å². The number of rotatable bonds is 2. The Morgan fingerprint density at radius 1 is 1.10 bits per heavy atom. The van der Waals surface area contributed by atoms with Crippen LogP contribution in [0.2, 0.25) is 0 Å². The van der Waals surface area contributed by atoms with E-state index in [1.54, 1.807) is 0 Å². The molecule has 3 aliphatic rings. The predicted octanol–water partition coefficient (Wildman–Crippen LogP) is 5.03. The van der Waals surface area contributed by atoms with Crippen LogP contribution in [-0.4, -0.2) is 18.5 Å². The van der Waals surface area contributed by atoms with E-state index in [-0.39, 0.29) is 31.9 Å². The fourth-order valence-electron chi connectivity index (χ4n) is 2.38. The molecular formula is C18H31FeNO. The molecular weight excluding hydrogens is 302 g/mol. The molecule has 1 heterocycles. The van der Waals surface area contributed by atoms with Gasteiger partial charge in [-0.05, 0) is 38.0 Å². The fraction of sp³-hybridized carbons (Fsp3) is 0.611. The molecule has 0 aromatic rings. The van der Waals surface area contributed by atoms with Crippen LogP contribution in [-0.2, 0) is 21.8 Å². The molecule has 122 valence electrons. The molecule has 1 aliphatic heterocycles. The summed E-state index contributed by atoms with van der Waals surface area (Å²) in [7, 11) is 0. The minimum atomic E-state index is 0. The van der Waals surface area contributed by atoms with Crippen LogP contribution in [0.15, 0.2) is 29.3 Å². The third-order valence-electron chi connectivity index (χ3n) is 3.70. The molecule has 3 heteroatoms. The van der Waals surface area contributed by atoms with E-state index in [0.717, 1.165) is 12.5 Å². The van der Waals surface area contributed by atoms with E-state index in [1.165, 1.54) is 32.1 Å². The Bertz CT molecular complexity index is 341. The van der Waals surface area contributed by atoms with Crippen molar-refractivity contribution < 1.29 is 21.8 Å². The number of allylic oxidation sites excluding steroid dienone is 3. The third kappa shape index (κ3) is 7.33. The fourth-order valence-corrected chi connectivity index (χ4v) is 2.38. The molecule has 0 aromatic carbocycles. The summed E-state index contributed by atoms with van der Waals surface area (Å²) < 4.78 is 5.61. The first kappa shape index (κ1) is 22.7. The standard InChI is InChI=1S/C11H17NO.C5H8.2CH3.Fe/c1-8(2)10-7-13-11(12-10)9-5-3-4-6-9;1-2-4-5-3-1;;;/h3,5,8-10H,4,6-7H2,1-2H3;1-2H,3-5H2;2*1H3;/q;;2*-1;+2/t9?,10-;;;;/m0..../s1. The molecule has 0 radical (unpaired) electrons. The number of aliphatic imine (C=N–C) groups is 1. The van der Waals surface area contributed by atoms with Crippen LogP contribution in [0.3, 0.4) is 0 Å². The topological polar surface area (TPSA) is 21.6 Å². The van der Waals surface area contributed by atoms with Gasteiger partial charge in [-0.15, -0.1) is 0 Å². The van der Waals surface area contributed by atoms with Crippen molar-refractivity contribution in [1.82, 2.24) is 0 Å². The van der Waals surface area contributed by atoms with Crippen molar-refractivity contribution >= 4 is 5.90 Å². The zero-order chi connectivity index (χ0) is 12.8. The van der Waals surface area contributed by atoms with Gasteiger partial charge in [0, 0.05) is 0 Å². The first-order valence-electron chi connectivity index (χ1n) is 7.29. The maximum atomic E-state index is 5.61. The van der Waals surface area contributed by atoms with E-state index in [0.29, 0.717) is 17.9 Å². The van der Waals surface area contributed by atoms with E-state index in [2.05, 4.69) is 43.1 Å². The molecule has 3 rings (SSSR count). The average molecular weight is 333 g/mol. The maximum Gasteiger partial charge on any atom is 2.00 e. The van der Waals surface area contributed by atoms with Gasteiger partial charge in [0.2, 0.25) is 0 Å². The quantitative estimate of drug-likeness (QED) is 0.394. The van der Waals surface area contributed by atoms with Gasteiger partial charge in [-0.2, -0.15) is 0 Å². The Labute approximate surface area is 142 Å². The summed E-state index contributed by atoms with van der Waals surface area (Å²) in [6, 6.07) is 0.393. The number of nitrogens with zero attached hydrogens (tertiary/aromatic N) is 1. The summed E-state index contributed by atoms with van der Waals surface area (Å²) in [5.74, 6) is 2.05. The molecule has 2 atom stereocenters. The zero-order valence-electron chi connectivity index (χ0n) is 14.0. The van der Waals surface area contributed by atoms with Crippen LogP contribution in [0, 0.1) is 26.7 Å². The van der Waals surface area contributed by atoms with Crippen molar-refractivity contribution in [3.05, 3.63) is 39.2 Å². The van der Waals surface area contributed by atoms with Gasteiger partial charge in [-0.1, -0.05) is 38.2 Å². The Morgan fingerprint density at radius 2 is 1.76 bits per heavy atom. The molecule has 0 saturated heterocycles. The van der Waals surface area contributed by atoms with E-state index < -0.39 is 0 Å². The molecule has 2 nitrogen and oxygen atoms in total. The summed E-state index contributed by atoms with van der Waals surface area (Å²) in [6.07, 6.45) is 15.3. The molecule has 0 spiro atoms. The van der Waals surface area contributed by atoms with Crippen molar-refractivity contribution in [2.24, 2.45) is 16.8 Å². The van der Waals surface area contributed by atoms with Crippen LogP contribution in [0.5, 0.6) is 0 Å². The van der Waals surface area contributed by atoms with Gasteiger partial charge in [0.15, 0.2) is 5.90 Å². The first-order valence-corrected chi connectivity index (χ1v) is 7.29. The molecule has 0 N–H and O–H groups in total.